The molecule has 2 rings (SSSR count). The number of ether oxygens (including phenoxy) is 1. The van der Waals surface area contributed by atoms with Crippen molar-refractivity contribution in [2.75, 3.05) is 12.8 Å². The molecule has 0 bridgehead atoms. The monoisotopic (exact) mass is 263 g/mol. The molecule has 3 nitrogen and oxygen atoms in total. The van der Waals surface area contributed by atoms with Crippen LogP contribution in [0.15, 0.2) is 36.4 Å². The Labute approximate surface area is 108 Å². The van der Waals surface area contributed by atoms with Crippen molar-refractivity contribution in [3.8, 4) is 5.75 Å². The minimum Gasteiger partial charge on any atom is -0.497 e. The molecule has 0 unspecified atom stereocenters. The van der Waals surface area contributed by atoms with Crippen LogP contribution in [0, 0.1) is 11.6 Å². The second-order valence-electron chi connectivity index (χ2n) is 3.91. The van der Waals surface area contributed by atoms with E-state index in [0.717, 1.165) is 6.07 Å². The maximum absolute atomic E-state index is 13.6. The summed E-state index contributed by atoms with van der Waals surface area (Å²) in [5, 5.41) is 0. The van der Waals surface area contributed by atoms with Crippen LogP contribution in [0.4, 0.5) is 14.5 Å². The number of carbonyl (C=O) groups is 1. The summed E-state index contributed by atoms with van der Waals surface area (Å²) in [7, 11) is 1.50. The van der Waals surface area contributed by atoms with E-state index in [0.29, 0.717) is 11.8 Å². The van der Waals surface area contributed by atoms with E-state index in [1.54, 1.807) is 12.1 Å². The molecule has 0 atom stereocenters. The van der Waals surface area contributed by atoms with Crippen molar-refractivity contribution in [2.45, 2.75) is 0 Å². The average molecular weight is 263 g/mol. The fraction of sp³-hybridized carbons (Fsp3) is 0.0714. The first-order valence-electron chi connectivity index (χ1n) is 5.46. The van der Waals surface area contributed by atoms with Crippen LogP contribution in [0.25, 0.3) is 0 Å². The van der Waals surface area contributed by atoms with Gasteiger partial charge in [0.15, 0.2) is 5.78 Å². The largest absolute Gasteiger partial charge is 0.497 e. The molecule has 5 heteroatoms. The molecule has 0 amide bonds. The van der Waals surface area contributed by atoms with Gasteiger partial charge in [0.1, 0.15) is 17.4 Å². The minimum atomic E-state index is -0.937. The van der Waals surface area contributed by atoms with Crippen LogP contribution in [-0.4, -0.2) is 12.9 Å². The lowest BCUT2D eigenvalue weighted by atomic mass is 10.0. The zero-order valence-electron chi connectivity index (χ0n) is 10.1. The standard InChI is InChI=1S/C14H11F2NO2/c1-19-9-4-2-8(3-5-9)14(18)10-6-13(17)12(16)7-11(10)15/h2-7H,17H2,1H3. The maximum Gasteiger partial charge on any atom is 0.196 e. The van der Waals surface area contributed by atoms with Gasteiger partial charge in [-0.2, -0.15) is 0 Å². The fourth-order valence-electron chi connectivity index (χ4n) is 1.64. The van der Waals surface area contributed by atoms with Gasteiger partial charge in [-0.25, -0.2) is 8.78 Å². The Hall–Kier alpha value is -2.43. The zero-order valence-corrected chi connectivity index (χ0v) is 10.1. The number of hydrogen-bond acceptors (Lipinski definition) is 3. The lowest BCUT2D eigenvalue weighted by molar-refractivity contribution is 0.103. The summed E-state index contributed by atoms with van der Waals surface area (Å²) >= 11 is 0. The molecule has 0 aliphatic heterocycles. The number of anilines is 1. The average Bonchev–Trinajstić information content (AvgIpc) is 2.42. The Kier molecular flexibility index (Phi) is 3.46. The highest BCUT2D eigenvalue weighted by molar-refractivity contribution is 6.09. The van der Waals surface area contributed by atoms with E-state index in [1.807, 2.05) is 0 Å². The summed E-state index contributed by atoms with van der Waals surface area (Å²) in [4.78, 5) is 12.1. The van der Waals surface area contributed by atoms with Gasteiger partial charge in [0.05, 0.1) is 18.4 Å². The molecule has 0 aromatic heterocycles. The Morgan fingerprint density at radius 1 is 1.11 bits per heavy atom. The molecule has 0 aliphatic carbocycles. The zero-order chi connectivity index (χ0) is 14.0. The molecule has 0 heterocycles. The Morgan fingerprint density at radius 3 is 2.32 bits per heavy atom. The van der Waals surface area contributed by atoms with E-state index in [9.17, 15) is 13.6 Å². The highest BCUT2D eigenvalue weighted by Crippen LogP contribution is 2.21. The highest BCUT2D eigenvalue weighted by Gasteiger charge is 2.16. The lowest BCUT2D eigenvalue weighted by Crippen LogP contribution is -2.06. The highest BCUT2D eigenvalue weighted by atomic mass is 19.1. The van der Waals surface area contributed by atoms with Crippen molar-refractivity contribution < 1.29 is 18.3 Å². The molecular formula is C14H11F2NO2. The second-order valence-corrected chi connectivity index (χ2v) is 3.91. The normalized spacial score (nSPS) is 10.3. The number of rotatable bonds is 3. The van der Waals surface area contributed by atoms with Crippen molar-refractivity contribution in [1.29, 1.82) is 0 Å². The van der Waals surface area contributed by atoms with Crippen LogP contribution in [0.5, 0.6) is 5.75 Å². The molecule has 2 aromatic carbocycles. The summed E-state index contributed by atoms with van der Waals surface area (Å²) in [6, 6.07) is 7.76. The van der Waals surface area contributed by atoms with Crippen LogP contribution in [0.2, 0.25) is 0 Å². The number of nitrogen functional groups attached to an aromatic ring is 1. The van der Waals surface area contributed by atoms with E-state index in [1.165, 1.54) is 19.2 Å². The van der Waals surface area contributed by atoms with E-state index in [4.69, 9.17) is 10.5 Å². The molecule has 0 saturated heterocycles. The van der Waals surface area contributed by atoms with Gasteiger partial charge in [0, 0.05) is 11.6 Å². The van der Waals surface area contributed by atoms with Crippen LogP contribution < -0.4 is 10.5 Å². The van der Waals surface area contributed by atoms with Crippen LogP contribution in [0.1, 0.15) is 15.9 Å². The summed E-state index contributed by atoms with van der Waals surface area (Å²) < 4.78 is 31.6. The predicted molar refractivity (Wildman–Crippen MR) is 67.2 cm³/mol. The quantitative estimate of drug-likeness (QED) is 0.684. The van der Waals surface area contributed by atoms with E-state index < -0.39 is 17.4 Å². The van der Waals surface area contributed by atoms with E-state index >= 15 is 0 Å². The molecule has 0 spiro atoms. The molecule has 0 aliphatic rings. The third-order valence-corrected chi connectivity index (χ3v) is 2.68. The SMILES string of the molecule is COc1ccc(C(=O)c2cc(N)c(F)cc2F)cc1. The smallest absolute Gasteiger partial charge is 0.196 e. The molecule has 0 saturated carbocycles. The van der Waals surface area contributed by atoms with Gasteiger partial charge in [0.2, 0.25) is 0 Å². The second kappa shape index (κ2) is 5.06. The summed E-state index contributed by atoms with van der Waals surface area (Å²) in [5.41, 5.74) is 5.08. The molecule has 0 radical (unpaired) electrons. The van der Waals surface area contributed by atoms with Gasteiger partial charge in [-0.1, -0.05) is 0 Å². The predicted octanol–water partition coefficient (Wildman–Crippen LogP) is 2.79. The molecule has 2 aromatic rings. The number of ketones is 1. The van der Waals surface area contributed by atoms with Crippen molar-refractivity contribution in [3.05, 3.63) is 59.2 Å². The lowest BCUT2D eigenvalue weighted by Gasteiger charge is -2.06. The molecule has 19 heavy (non-hydrogen) atoms. The molecule has 98 valence electrons. The topological polar surface area (TPSA) is 52.3 Å². The van der Waals surface area contributed by atoms with Gasteiger partial charge >= 0.3 is 0 Å². The minimum absolute atomic E-state index is 0.260. The Balaban J connectivity index is 2.40. The molecule has 0 fully saturated rings. The fourth-order valence-corrected chi connectivity index (χ4v) is 1.64. The van der Waals surface area contributed by atoms with Crippen molar-refractivity contribution >= 4 is 11.5 Å². The van der Waals surface area contributed by atoms with E-state index in [-0.39, 0.29) is 16.8 Å². The van der Waals surface area contributed by atoms with Gasteiger partial charge in [-0.3, -0.25) is 4.79 Å². The third-order valence-electron chi connectivity index (χ3n) is 2.68. The van der Waals surface area contributed by atoms with E-state index in [2.05, 4.69) is 0 Å². The van der Waals surface area contributed by atoms with Crippen LogP contribution >= 0.6 is 0 Å². The van der Waals surface area contributed by atoms with Gasteiger partial charge in [-0.15, -0.1) is 0 Å². The summed E-state index contributed by atoms with van der Waals surface area (Å²) in [6.07, 6.45) is 0. The number of hydrogen-bond donors (Lipinski definition) is 1. The number of methoxy groups -OCH3 is 1. The number of nitrogens with two attached hydrogens (primary N) is 1. The molecular weight excluding hydrogens is 252 g/mol. The van der Waals surface area contributed by atoms with Gasteiger partial charge in [-0.05, 0) is 30.3 Å². The number of benzene rings is 2. The third kappa shape index (κ3) is 2.54. The molecule has 2 N–H and O–H groups in total. The van der Waals surface area contributed by atoms with Gasteiger partial charge in [0.25, 0.3) is 0 Å². The maximum atomic E-state index is 13.6. The van der Waals surface area contributed by atoms with Crippen molar-refractivity contribution in [2.24, 2.45) is 0 Å². The summed E-state index contributed by atoms with van der Waals surface area (Å²) in [5.74, 6) is -1.81. The number of carbonyl (C=O) groups excluding carboxylic acids is 1. The number of halogens is 2. The van der Waals surface area contributed by atoms with Crippen LogP contribution in [-0.2, 0) is 0 Å². The first-order chi connectivity index (χ1) is 9.02. The Morgan fingerprint density at radius 2 is 1.74 bits per heavy atom. The van der Waals surface area contributed by atoms with Crippen LogP contribution in [0.3, 0.4) is 0 Å². The first kappa shape index (κ1) is 13.0. The van der Waals surface area contributed by atoms with Crippen molar-refractivity contribution in [3.63, 3.8) is 0 Å². The Bertz CT molecular complexity index is 624. The van der Waals surface area contributed by atoms with Crippen molar-refractivity contribution in [1.82, 2.24) is 0 Å². The first-order valence-corrected chi connectivity index (χ1v) is 5.46. The van der Waals surface area contributed by atoms with Gasteiger partial charge < -0.3 is 10.5 Å². The summed E-state index contributed by atoms with van der Waals surface area (Å²) in [6.45, 7) is 0.